The smallest absolute Gasteiger partial charge is 0.277 e. The van der Waals surface area contributed by atoms with Gasteiger partial charge in [0.25, 0.3) is 10.0 Å². The molecule has 1 N–H and O–H groups in total. The van der Waals surface area contributed by atoms with Gasteiger partial charge in [-0.05, 0) is 40.2 Å². The Labute approximate surface area is 133 Å². The molecule has 0 bridgehead atoms. The molecule has 0 spiro atoms. The fraction of sp³-hybridized carbons (Fsp3) is 0. The third kappa shape index (κ3) is 3.06. The molecule has 0 aliphatic heterocycles. The first-order valence-electron chi connectivity index (χ1n) is 5.10. The molecular weight excluding hydrogens is 394 g/mol. The van der Waals surface area contributed by atoms with Crippen LogP contribution < -0.4 is 4.72 Å². The molecule has 0 atom stereocenters. The maximum absolute atomic E-state index is 13.5. The average Bonchev–Trinajstić information content (AvgIpc) is 2.40. The van der Waals surface area contributed by atoms with Gasteiger partial charge in [0.1, 0.15) is 0 Å². The molecule has 2 aromatic rings. The Bertz CT molecular complexity index is 771. The maximum Gasteiger partial charge on any atom is 0.282 e. The van der Waals surface area contributed by atoms with E-state index in [1.165, 1.54) is 24.4 Å². The molecule has 0 fully saturated rings. The Morgan fingerprint density at radius 3 is 2.55 bits per heavy atom. The first-order valence-corrected chi connectivity index (χ1v) is 8.13. The molecule has 0 unspecified atom stereocenters. The zero-order valence-corrected chi connectivity index (χ0v) is 13.5. The predicted molar refractivity (Wildman–Crippen MR) is 79.2 cm³/mol. The van der Waals surface area contributed by atoms with E-state index < -0.39 is 20.9 Å². The number of pyridine rings is 1. The van der Waals surface area contributed by atoms with Crippen LogP contribution in [-0.4, -0.2) is 13.4 Å². The minimum Gasteiger partial charge on any atom is -0.277 e. The lowest BCUT2D eigenvalue weighted by Crippen LogP contribution is -2.16. The second-order valence-electron chi connectivity index (χ2n) is 3.62. The van der Waals surface area contributed by atoms with Gasteiger partial charge in [-0.25, -0.2) is 9.37 Å². The maximum atomic E-state index is 13.5. The van der Waals surface area contributed by atoms with E-state index in [2.05, 4.69) is 25.6 Å². The van der Waals surface area contributed by atoms with Crippen molar-refractivity contribution < 1.29 is 12.8 Å². The van der Waals surface area contributed by atoms with Crippen LogP contribution in [0.2, 0.25) is 10.0 Å². The van der Waals surface area contributed by atoms with Gasteiger partial charge in [-0.3, -0.25) is 4.72 Å². The Kier molecular flexibility index (Phi) is 4.53. The van der Waals surface area contributed by atoms with Gasteiger partial charge in [0.05, 0.1) is 15.7 Å². The van der Waals surface area contributed by atoms with Gasteiger partial charge >= 0.3 is 0 Å². The molecule has 20 heavy (non-hydrogen) atoms. The second kappa shape index (κ2) is 5.85. The molecule has 9 heteroatoms. The summed E-state index contributed by atoms with van der Waals surface area (Å²) in [5.74, 6) is -0.959. The third-order valence-corrected chi connectivity index (χ3v) is 5.33. The van der Waals surface area contributed by atoms with Crippen molar-refractivity contribution in [2.45, 2.75) is 5.03 Å². The molecule has 0 radical (unpaired) electrons. The zero-order chi connectivity index (χ0) is 14.9. The molecule has 0 saturated carbocycles. The number of hydrogen-bond donors (Lipinski definition) is 1. The summed E-state index contributed by atoms with van der Waals surface area (Å²) in [6.07, 6.45) is 1.17. The van der Waals surface area contributed by atoms with E-state index in [0.29, 0.717) is 4.47 Å². The zero-order valence-electron chi connectivity index (χ0n) is 9.57. The van der Waals surface area contributed by atoms with Crippen LogP contribution >= 0.6 is 39.1 Å². The number of nitrogens with one attached hydrogen (secondary N) is 1. The van der Waals surface area contributed by atoms with Gasteiger partial charge < -0.3 is 0 Å². The van der Waals surface area contributed by atoms with Gasteiger partial charge in [0.15, 0.2) is 5.82 Å². The van der Waals surface area contributed by atoms with E-state index in [9.17, 15) is 12.8 Å². The monoisotopic (exact) mass is 398 g/mol. The van der Waals surface area contributed by atoms with Gasteiger partial charge in [-0.2, -0.15) is 8.42 Å². The average molecular weight is 400 g/mol. The van der Waals surface area contributed by atoms with Crippen molar-refractivity contribution in [1.29, 1.82) is 0 Å². The van der Waals surface area contributed by atoms with E-state index >= 15 is 0 Å². The highest BCUT2D eigenvalue weighted by atomic mass is 79.9. The molecule has 1 heterocycles. The van der Waals surface area contributed by atoms with E-state index in [0.717, 1.165) is 6.07 Å². The highest BCUT2D eigenvalue weighted by Gasteiger charge is 2.22. The van der Waals surface area contributed by atoms with Crippen molar-refractivity contribution in [1.82, 2.24) is 4.98 Å². The summed E-state index contributed by atoms with van der Waals surface area (Å²) in [5.41, 5.74) is 0.0323. The Balaban J connectivity index is 2.45. The van der Waals surface area contributed by atoms with Crippen LogP contribution in [0.15, 0.2) is 40.0 Å². The summed E-state index contributed by atoms with van der Waals surface area (Å²) < 4.78 is 40.2. The number of anilines is 1. The van der Waals surface area contributed by atoms with Crippen LogP contribution in [0.25, 0.3) is 0 Å². The fourth-order valence-electron chi connectivity index (χ4n) is 1.37. The number of rotatable bonds is 3. The lowest BCUT2D eigenvalue weighted by atomic mass is 10.3. The summed E-state index contributed by atoms with van der Waals surface area (Å²) in [4.78, 5) is 3.50. The quantitative estimate of drug-likeness (QED) is 0.790. The van der Waals surface area contributed by atoms with E-state index in [1.54, 1.807) is 0 Å². The van der Waals surface area contributed by atoms with Gasteiger partial charge in [0, 0.05) is 10.7 Å². The molecular formula is C11H6BrCl2FN2O2S. The largest absolute Gasteiger partial charge is 0.282 e. The summed E-state index contributed by atoms with van der Waals surface area (Å²) in [5, 5.41) is -0.565. The molecule has 0 aliphatic carbocycles. The van der Waals surface area contributed by atoms with Crippen molar-refractivity contribution in [3.63, 3.8) is 0 Å². The Hall–Kier alpha value is -0.890. The summed E-state index contributed by atoms with van der Waals surface area (Å²) >= 11 is 15.0. The first kappa shape index (κ1) is 15.5. The van der Waals surface area contributed by atoms with Crippen molar-refractivity contribution >= 4 is 54.8 Å². The molecule has 1 aromatic carbocycles. The molecule has 0 saturated heterocycles. The predicted octanol–water partition coefficient (Wildman–Crippen LogP) is 4.09. The number of sulfonamides is 1. The van der Waals surface area contributed by atoms with E-state index in [-0.39, 0.29) is 15.7 Å². The fourth-order valence-corrected chi connectivity index (χ4v) is 3.32. The number of hydrogen-bond acceptors (Lipinski definition) is 3. The van der Waals surface area contributed by atoms with Crippen molar-refractivity contribution in [3.05, 3.63) is 50.8 Å². The normalized spacial score (nSPS) is 11.4. The number of nitrogens with zero attached hydrogens (tertiary/aromatic N) is 1. The highest BCUT2D eigenvalue weighted by molar-refractivity contribution is 9.10. The lowest BCUT2D eigenvalue weighted by Gasteiger charge is -2.11. The second-order valence-corrected chi connectivity index (χ2v) is 6.83. The van der Waals surface area contributed by atoms with Crippen LogP contribution in [0, 0.1) is 5.82 Å². The highest BCUT2D eigenvalue weighted by Crippen LogP contribution is 2.36. The standard InChI is InChI=1S/C11H6BrCl2FN2O2S/c12-6-3-4-8(10(14)9(6)13)17-20(18,19)11-7(15)2-1-5-16-11/h1-5,17H. The summed E-state index contributed by atoms with van der Waals surface area (Å²) in [7, 11) is -4.19. The van der Waals surface area contributed by atoms with Crippen LogP contribution in [0.4, 0.5) is 10.1 Å². The van der Waals surface area contributed by atoms with Crippen LogP contribution in [0.5, 0.6) is 0 Å². The minimum atomic E-state index is -4.19. The molecule has 0 amide bonds. The van der Waals surface area contributed by atoms with Crippen LogP contribution in [0.3, 0.4) is 0 Å². The van der Waals surface area contributed by atoms with Crippen molar-refractivity contribution in [3.8, 4) is 0 Å². The van der Waals surface area contributed by atoms with Gasteiger partial charge in [0.2, 0.25) is 5.03 Å². The molecule has 106 valence electrons. The Morgan fingerprint density at radius 1 is 1.20 bits per heavy atom. The number of halogens is 4. The van der Waals surface area contributed by atoms with Crippen molar-refractivity contribution in [2.24, 2.45) is 0 Å². The summed E-state index contributed by atoms with van der Waals surface area (Å²) in [6, 6.07) is 5.20. The van der Waals surface area contributed by atoms with Gasteiger partial charge in [-0.1, -0.05) is 23.2 Å². The van der Waals surface area contributed by atoms with Crippen LogP contribution in [-0.2, 0) is 10.0 Å². The minimum absolute atomic E-state index is 0.000885. The van der Waals surface area contributed by atoms with E-state index in [4.69, 9.17) is 23.2 Å². The third-order valence-electron chi connectivity index (χ3n) is 2.26. The molecule has 0 aliphatic rings. The molecule has 2 rings (SSSR count). The molecule has 1 aromatic heterocycles. The summed E-state index contributed by atoms with van der Waals surface area (Å²) in [6.45, 7) is 0. The Morgan fingerprint density at radius 2 is 1.90 bits per heavy atom. The lowest BCUT2D eigenvalue weighted by molar-refractivity contribution is 0.557. The number of benzene rings is 1. The first-order chi connectivity index (χ1) is 9.33. The van der Waals surface area contributed by atoms with Crippen molar-refractivity contribution in [2.75, 3.05) is 4.72 Å². The SMILES string of the molecule is O=S(=O)(Nc1ccc(Br)c(Cl)c1Cl)c1ncccc1F. The number of aromatic nitrogens is 1. The molecule has 4 nitrogen and oxygen atoms in total. The van der Waals surface area contributed by atoms with Crippen LogP contribution in [0.1, 0.15) is 0 Å². The van der Waals surface area contributed by atoms with E-state index in [1.807, 2.05) is 0 Å². The van der Waals surface area contributed by atoms with Gasteiger partial charge in [-0.15, -0.1) is 0 Å². The topological polar surface area (TPSA) is 59.1 Å².